The van der Waals surface area contributed by atoms with Crippen LogP contribution in [0.5, 0.6) is 5.75 Å². The van der Waals surface area contributed by atoms with Crippen molar-refractivity contribution in [2.24, 2.45) is 0 Å². The number of nitrogens with zero attached hydrogens (tertiary/aromatic N) is 1. The lowest BCUT2D eigenvalue weighted by Gasteiger charge is -2.06. The number of carbonyl (C=O) groups excluding carboxylic acids is 1. The molecule has 0 N–H and O–H groups in total. The molecule has 2 aromatic rings. The summed E-state index contributed by atoms with van der Waals surface area (Å²) < 4.78 is 5.51. The van der Waals surface area contributed by atoms with Gasteiger partial charge >= 0.3 is 0 Å². The lowest BCUT2D eigenvalue weighted by Crippen LogP contribution is -1.96. The summed E-state index contributed by atoms with van der Waals surface area (Å²) in [5.74, 6) is 0.590. The van der Waals surface area contributed by atoms with E-state index < -0.39 is 0 Å². The second-order valence-electron chi connectivity index (χ2n) is 3.57. The number of aromatic nitrogens is 1. The molecule has 0 saturated heterocycles. The number of carbonyl (C=O) groups is 1. The summed E-state index contributed by atoms with van der Waals surface area (Å²) in [6.45, 7) is 0.360. The minimum absolute atomic E-state index is 0.360. The first-order valence-corrected chi connectivity index (χ1v) is 5.92. The third kappa shape index (κ3) is 3.22. The van der Waals surface area contributed by atoms with E-state index in [1.54, 1.807) is 24.3 Å². The molecule has 0 saturated carbocycles. The van der Waals surface area contributed by atoms with Crippen LogP contribution in [0.25, 0.3) is 0 Å². The van der Waals surface area contributed by atoms with Gasteiger partial charge in [-0.25, -0.2) is 4.98 Å². The smallest absolute Gasteiger partial charge is 0.168 e. The van der Waals surface area contributed by atoms with Crippen LogP contribution in [0.1, 0.15) is 16.1 Å². The van der Waals surface area contributed by atoms with Crippen molar-refractivity contribution in [1.82, 2.24) is 4.98 Å². The van der Waals surface area contributed by atoms with E-state index in [1.165, 1.54) is 6.20 Å². The number of rotatable bonds is 4. The third-order valence-corrected chi connectivity index (χ3v) is 3.01. The van der Waals surface area contributed by atoms with Crippen molar-refractivity contribution in [3.63, 3.8) is 0 Å². The van der Waals surface area contributed by atoms with Crippen LogP contribution in [0.2, 0.25) is 10.0 Å². The molecular weight excluding hydrogens is 273 g/mol. The monoisotopic (exact) mass is 281 g/mol. The Kier molecular flexibility index (Phi) is 4.18. The van der Waals surface area contributed by atoms with Crippen LogP contribution >= 0.6 is 23.2 Å². The molecule has 0 fully saturated rings. The third-order valence-electron chi connectivity index (χ3n) is 2.27. The van der Waals surface area contributed by atoms with Gasteiger partial charge in [-0.05, 0) is 29.8 Å². The largest absolute Gasteiger partial charge is 0.487 e. The SMILES string of the molecule is O=Cc1ccc(OCc2ccc(Cl)c(Cl)c2)cn1. The highest BCUT2D eigenvalue weighted by molar-refractivity contribution is 6.42. The van der Waals surface area contributed by atoms with E-state index in [-0.39, 0.29) is 0 Å². The van der Waals surface area contributed by atoms with E-state index in [4.69, 9.17) is 27.9 Å². The zero-order valence-corrected chi connectivity index (χ0v) is 10.8. The molecule has 0 aliphatic heterocycles. The minimum atomic E-state index is 0.360. The molecule has 1 aromatic heterocycles. The zero-order valence-electron chi connectivity index (χ0n) is 9.27. The minimum Gasteiger partial charge on any atom is -0.487 e. The van der Waals surface area contributed by atoms with E-state index in [0.717, 1.165) is 5.56 Å². The molecule has 0 bridgehead atoms. The van der Waals surface area contributed by atoms with Gasteiger partial charge in [0.25, 0.3) is 0 Å². The standard InChI is InChI=1S/C13H9Cl2NO2/c14-12-4-1-9(5-13(12)15)8-18-11-3-2-10(7-17)16-6-11/h1-7H,8H2. The summed E-state index contributed by atoms with van der Waals surface area (Å²) in [6.07, 6.45) is 2.18. The highest BCUT2D eigenvalue weighted by atomic mass is 35.5. The number of hydrogen-bond donors (Lipinski definition) is 0. The topological polar surface area (TPSA) is 39.2 Å². The zero-order chi connectivity index (χ0) is 13.0. The normalized spacial score (nSPS) is 10.1. The van der Waals surface area contributed by atoms with Gasteiger partial charge in [-0.15, -0.1) is 0 Å². The molecule has 1 heterocycles. The highest BCUT2D eigenvalue weighted by Gasteiger charge is 2.01. The van der Waals surface area contributed by atoms with Crippen molar-refractivity contribution in [3.8, 4) is 5.75 Å². The summed E-state index contributed by atoms with van der Waals surface area (Å²) in [7, 11) is 0. The van der Waals surface area contributed by atoms with Gasteiger partial charge < -0.3 is 4.74 Å². The fraction of sp³-hybridized carbons (Fsp3) is 0.0769. The number of halogens is 2. The lowest BCUT2D eigenvalue weighted by molar-refractivity contribution is 0.111. The second-order valence-corrected chi connectivity index (χ2v) is 4.39. The van der Waals surface area contributed by atoms with E-state index >= 15 is 0 Å². The summed E-state index contributed by atoms with van der Waals surface area (Å²) in [6, 6.07) is 8.58. The first-order valence-electron chi connectivity index (χ1n) is 5.17. The molecule has 0 spiro atoms. The summed E-state index contributed by atoms with van der Waals surface area (Å²) in [4.78, 5) is 14.3. The number of hydrogen-bond acceptors (Lipinski definition) is 3. The average Bonchev–Trinajstić information content (AvgIpc) is 2.41. The molecule has 18 heavy (non-hydrogen) atoms. The average molecular weight is 282 g/mol. The molecule has 5 heteroatoms. The van der Waals surface area contributed by atoms with Crippen LogP contribution in [0, 0.1) is 0 Å². The first kappa shape index (κ1) is 12.9. The van der Waals surface area contributed by atoms with Crippen molar-refractivity contribution < 1.29 is 9.53 Å². The Hall–Kier alpha value is -1.58. The fourth-order valence-corrected chi connectivity index (χ4v) is 1.66. The van der Waals surface area contributed by atoms with Gasteiger partial charge in [0, 0.05) is 0 Å². The van der Waals surface area contributed by atoms with E-state index in [9.17, 15) is 4.79 Å². The maximum Gasteiger partial charge on any atom is 0.168 e. The maximum atomic E-state index is 10.4. The van der Waals surface area contributed by atoms with E-state index in [2.05, 4.69) is 4.98 Å². The van der Waals surface area contributed by atoms with Gasteiger partial charge in [-0.2, -0.15) is 0 Å². The molecule has 1 aromatic carbocycles. The Balaban J connectivity index is 2.01. The van der Waals surface area contributed by atoms with Crippen molar-refractivity contribution in [1.29, 1.82) is 0 Å². The van der Waals surface area contributed by atoms with Crippen LogP contribution in [0.15, 0.2) is 36.5 Å². The van der Waals surface area contributed by atoms with Crippen molar-refractivity contribution in [2.45, 2.75) is 6.61 Å². The Morgan fingerprint density at radius 3 is 2.61 bits per heavy atom. The predicted octanol–water partition coefficient (Wildman–Crippen LogP) is 3.78. The molecule has 2 rings (SSSR count). The fourth-order valence-electron chi connectivity index (χ4n) is 1.34. The van der Waals surface area contributed by atoms with Gasteiger partial charge in [0.15, 0.2) is 6.29 Å². The Bertz CT molecular complexity index is 555. The summed E-state index contributed by atoms with van der Waals surface area (Å²) >= 11 is 11.7. The molecular formula is C13H9Cl2NO2. The molecule has 0 aliphatic carbocycles. The van der Waals surface area contributed by atoms with Crippen LogP contribution in [-0.2, 0) is 6.61 Å². The number of ether oxygens (including phenoxy) is 1. The van der Waals surface area contributed by atoms with Crippen molar-refractivity contribution in [2.75, 3.05) is 0 Å². The highest BCUT2D eigenvalue weighted by Crippen LogP contribution is 2.23. The number of pyridine rings is 1. The molecule has 0 atom stereocenters. The molecule has 92 valence electrons. The van der Waals surface area contributed by atoms with Gasteiger partial charge in [0.05, 0.1) is 16.2 Å². The number of aldehydes is 1. The van der Waals surface area contributed by atoms with Gasteiger partial charge in [-0.1, -0.05) is 29.3 Å². The summed E-state index contributed by atoms with van der Waals surface area (Å²) in [5, 5.41) is 1.00. The molecule has 0 unspecified atom stereocenters. The Labute approximate surface area is 114 Å². The van der Waals surface area contributed by atoms with Crippen LogP contribution in [0.3, 0.4) is 0 Å². The van der Waals surface area contributed by atoms with E-state index in [1.807, 2.05) is 6.07 Å². The van der Waals surface area contributed by atoms with Gasteiger partial charge in [0.1, 0.15) is 18.1 Å². The Morgan fingerprint density at radius 1 is 1.17 bits per heavy atom. The van der Waals surface area contributed by atoms with Crippen LogP contribution < -0.4 is 4.74 Å². The van der Waals surface area contributed by atoms with Crippen molar-refractivity contribution >= 4 is 29.5 Å². The molecule has 0 radical (unpaired) electrons. The number of benzene rings is 1. The van der Waals surface area contributed by atoms with Crippen molar-refractivity contribution in [3.05, 3.63) is 57.8 Å². The van der Waals surface area contributed by atoms with Crippen LogP contribution in [-0.4, -0.2) is 11.3 Å². The van der Waals surface area contributed by atoms with Gasteiger partial charge in [-0.3, -0.25) is 4.79 Å². The lowest BCUT2D eigenvalue weighted by atomic mass is 10.2. The second kappa shape index (κ2) is 5.85. The van der Waals surface area contributed by atoms with Gasteiger partial charge in [0.2, 0.25) is 0 Å². The molecule has 3 nitrogen and oxygen atoms in total. The summed E-state index contributed by atoms with van der Waals surface area (Å²) in [5.41, 5.74) is 1.28. The first-order chi connectivity index (χ1) is 8.69. The quantitative estimate of drug-likeness (QED) is 0.801. The van der Waals surface area contributed by atoms with Crippen LogP contribution in [0.4, 0.5) is 0 Å². The Morgan fingerprint density at radius 2 is 2.00 bits per heavy atom. The predicted molar refractivity (Wildman–Crippen MR) is 70.4 cm³/mol. The van der Waals surface area contributed by atoms with E-state index in [0.29, 0.717) is 34.4 Å². The maximum absolute atomic E-state index is 10.4. The molecule has 0 aliphatic rings. The molecule has 0 amide bonds.